The molecule has 2 fully saturated rings. The Balaban J connectivity index is 0.945. The standard InChI is InChI=1S/C81H114ClN7O25S2/c1-49(2)72(86-68(92)31-28-58(76(97)83-33-34-106-10)43-62(90)56-24-26-57(27-25-56)73(95)59(47-115(102,103)37-35-107-11)48-116(104,105)38-36-108-12)63(91)40-51(4)75(96)85-60-29-22-54(23-30-60)46-111-78(99)84-32-17-15-16-21-69(93)88(8)53(6)77(98)113-67-44-70(94)89(9)61-41-55(42-64(109-13)71(61)82)39-50(3)19-18-20-66(110-14)81(101)45-65(112-79(100)87-81)52(5)74-80(67,7)114-74/h18-20,22-27,29-30,41-42,49,51-53,58-59,65-67,72,74,101H,15-17,21,28,31-40,43-48H2,1-14H3,(H,83,97)(H,84,99)(H,85,96)(H,86,92)(H,87,100)/b20-18+,50-19+/t51-,52-,53+,58-,65?,66-,67+,72+,74-,80+,81-/m1/s1. The van der Waals surface area contributed by atoms with Crippen LogP contribution in [0.15, 0.2) is 84.5 Å². The third-order valence-corrected chi connectivity index (χ3v) is 24.6. The fourth-order valence-electron chi connectivity index (χ4n) is 13.5. The van der Waals surface area contributed by atoms with Crippen molar-refractivity contribution in [3.8, 4) is 5.75 Å². The number of amides is 7. The summed E-state index contributed by atoms with van der Waals surface area (Å²) in [6.07, 6.45) is -0.111. The number of likely N-dealkylation sites (N-methyl/N-ethyl adjacent to an activating group) is 1. The number of ketones is 3. The number of nitrogens with one attached hydrogen (secondary N) is 5. The van der Waals surface area contributed by atoms with Crippen molar-refractivity contribution in [2.45, 2.75) is 174 Å². The van der Waals surface area contributed by atoms with Crippen LogP contribution in [0.4, 0.5) is 21.0 Å². The molecule has 642 valence electrons. The molecule has 0 saturated carbocycles. The van der Waals surface area contributed by atoms with Crippen molar-refractivity contribution in [3.05, 3.63) is 112 Å². The van der Waals surface area contributed by atoms with Gasteiger partial charge in [0.05, 0.1) is 80.1 Å². The largest absolute Gasteiger partial charge is 0.495 e. The number of allylic oxidation sites excluding steroid dienone is 3. The Morgan fingerprint density at radius 1 is 0.793 bits per heavy atom. The number of aliphatic hydroxyl groups is 1. The number of sulfone groups is 2. The summed E-state index contributed by atoms with van der Waals surface area (Å²) < 4.78 is 101. The molecule has 3 aliphatic rings. The molecule has 3 aliphatic heterocycles. The van der Waals surface area contributed by atoms with Crippen molar-refractivity contribution in [2.24, 2.45) is 29.6 Å². The Kier molecular flexibility index (Phi) is 37.0. The average molecular weight is 1690 g/mol. The van der Waals surface area contributed by atoms with E-state index in [0.29, 0.717) is 48.4 Å². The molecule has 0 radical (unpaired) electrons. The van der Waals surface area contributed by atoms with Gasteiger partial charge in [-0.05, 0) is 87.8 Å². The lowest BCUT2D eigenvalue weighted by Crippen LogP contribution is -2.63. The van der Waals surface area contributed by atoms with E-state index in [-0.39, 0.29) is 100 Å². The summed E-state index contributed by atoms with van der Waals surface area (Å²) in [5.41, 5.74) is -0.271. The monoisotopic (exact) mass is 1680 g/mol. The summed E-state index contributed by atoms with van der Waals surface area (Å²) >= 11 is 6.85. The Morgan fingerprint density at radius 2 is 1.43 bits per heavy atom. The topological polar surface area (TPSA) is 429 Å². The molecule has 2 saturated heterocycles. The van der Waals surface area contributed by atoms with E-state index in [1.807, 2.05) is 13.0 Å². The number of ether oxygens (including phenoxy) is 9. The molecule has 7 amide bonds. The van der Waals surface area contributed by atoms with Crippen LogP contribution < -0.4 is 36.2 Å². The first kappa shape index (κ1) is 96.1. The highest BCUT2D eigenvalue weighted by molar-refractivity contribution is 7.92. The zero-order valence-corrected chi connectivity index (χ0v) is 70.9. The van der Waals surface area contributed by atoms with E-state index in [2.05, 4.69) is 26.6 Å². The van der Waals surface area contributed by atoms with Gasteiger partial charge in [-0.1, -0.05) is 106 Å². The summed E-state index contributed by atoms with van der Waals surface area (Å²) in [7, 11) is 2.01. The number of nitrogens with zero attached hydrogens (tertiary/aromatic N) is 2. The van der Waals surface area contributed by atoms with Gasteiger partial charge >= 0.3 is 18.2 Å². The highest BCUT2D eigenvalue weighted by atomic mass is 35.5. The molecule has 0 spiro atoms. The van der Waals surface area contributed by atoms with E-state index in [4.69, 9.17) is 54.2 Å². The van der Waals surface area contributed by atoms with Gasteiger partial charge in [-0.15, -0.1) is 0 Å². The number of rotatable bonds is 42. The Morgan fingerprint density at radius 3 is 2.04 bits per heavy atom. The van der Waals surface area contributed by atoms with Crippen molar-refractivity contribution < 1.29 is 117 Å². The summed E-state index contributed by atoms with van der Waals surface area (Å²) in [5.74, 6) is -11.6. The number of epoxide rings is 1. The number of hydrogen-bond acceptors (Lipinski definition) is 25. The SMILES string of the molecule is COCCNC(=O)[C@H](CCC(=O)N[C@H](C(=O)C[C@@H](C)C(=O)Nc1ccc(COC(=O)NCCCCCC(=O)N(C)[C@@H](C)C(=O)O[C@H]2CC(=O)N(C)c3cc(cc(OC)c3Cl)C/C(C)=C/C=C/[C@@H](OC)[C@]3(O)CC(OC(=O)N3)[C@@H](C)[C@H]3O[C@@]23C)cc1)C(C)C)CC(=O)c1ccc(C(=O)C(CS(=O)(=O)CCOC)CS(=O)(=O)CCOC)cc1. The fraction of sp³-hybridized carbons (Fsp3) is 0.593. The van der Waals surface area contributed by atoms with Crippen molar-refractivity contribution in [1.82, 2.24) is 26.2 Å². The first-order valence-electron chi connectivity index (χ1n) is 38.5. The minimum atomic E-state index is -3.94. The lowest BCUT2D eigenvalue weighted by atomic mass is 9.83. The third-order valence-electron chi connectivity index (χ3n) is 20.8. The Bertz CT molecular complexity index is 4200. The minimum absolute atomic E-state index is 0.0452. The second-order valence-corrected chi connectivity index (χ2v) is 35.1. The average Bonchev–Trinajstić information content (AvgIpc) is 1.57. The quantitative estimate of drug-likeness (QED) is 0.0109. The van der Waals surface area contributed by atoms with Gasteiger partial charge in [-0.2, -0.15) is 0 Å². The van der Waals surface area contributed by atoms with Crippen LogP contribution in [0.1, 0.15) is 145 Å². The molecule has 3 heterocycles. The smallest absolute Gasteiger partial charge is 0.409 e. The maximum Gasteiger partial charge on any atom is 0.409 e. The lowest BCUT2D eigenvalue weighted by Gasteiger charge is -2.42. The lowest BCUT2D eigenvalue weighted by molar-refractivity contribution is -0.162. The van der Waals surface area contributed by atoms with Crippen molar-refractivity contribution >= 4 is 108 Å². The van der Waals surface area contributed by atoms with Crippen LogP contribution in [0.25, 0.3) is 0 Å². The van der Waals surface area contributed by atoms with E-state index in [1.165, 1.54) is 90.6 Å². The van der Waals surface area contributed by atoms with E-state index in [9.17, 15) is 74.7 Å². The van der Waals surface area contributed by atoms with Gasteiger partial charge in [0.25, 0.3) is 0 Å². The zero-order chi connectivity index (χ0) is 86.0. The van der Waals surface area contributed by atoms with E-state index in [0.717, 1.165) is 11.1 Å². The molecule has 3 aromatic rings. The van der Waals surface area contributed by atoms with Gasteiger partial charge in [-0.3, -0.25) is 43.7 Å². The minimum Gasteiger partial charge on any atom is -0.495 e. The first-order valence-corrected chi connectivity index (χ1v) is 42.6. The number of methoxy groups -OCH3 is 5. The Labute approximate surface area is 684 Å². The van der Waals surface area contributed by atoms with Crippen molar-refractivity contribution in [3.63, 3.8) is 0 Å². The molecular formula is C81H114ClN7O25S2. The van der Waals surface area contributed by atoms with E-state index >= 15 is 0 Å². The van der Waals surface area contributed by atoms with Crippen LogP contribution in [0.3, 0.4) is 0 Å². The van der Waals surface area contributed by atoms with Gasteiger partial charge in [0, 0.05) is 122 Å². The van der Waals surface area contributed by atoms with Crippen LogP contribution in [-0.4, -0.2) is 245 Å². The summed E-state index contributed by atoms with van der Waals surface area (Å²) in [5, 5.41) is 25.5. The number of fused-ring (bicyclic) bond motifs is 5. The van der Waals surface area contributed by atoms with E-state index < -0.39 is 186 Å². The molecular weight excluding hydrogens is 1570 g/mol. The zero-order valence-electron chi connectivity index (χ0n) is 68.5. The molecule has 0 aromatic heterocycles. The van der Waals surface area contributed by atoms with Crippen LogP contribution >= 0.6 is 11.6 Å². The number of benzene rings is 3. The van der Waals surface area contributed by atoms with E-state index in [1.54, 1.807) is 83.2 Å². The molecule has 35 heteroatoms. The molecule has 0 aliphatic carbocycles. The predicted molar refractivity (Wildman–Crippen MR) is 430 cm³/mol. The van der Waals surface area contributed by atoms with Gasteiger partial charge in [0.15, 0.2) is 42.7 Å². The normalized spacial score (nSPS) is 21.5. The number of Topliss-reactive ketones (excluding diaryl/α,β-unsaturated/α-hetero) is 3. The van der Waals surface area contributed by atoms with Crippen LogP contribution in [0.2, 0.25) is 5.02 Å². The summed E-state index contributed by atoms with van der Waals surface area (Å²) in [6.45, 7) is 11.8. The number of halogens is 1. The maximum atomic E-state index is 14.5. The van der Waals surface area contributed by atoms with Gasteiger partial charge < -0.3 is 78.8 Å². The second kappa shape index (κ2) is 44.7. The number of anilines is 2. The molecule has 116 heavy (non-hydrogen) atoms. The molecule has 11 atom stereocenters. The molecule has 4 bridgehead atoms. The highest BCUT2D eigenvalue weighted by Crippen LogP contribution is 2.49. The number of alkyl carbamates (subject to hydrolysis) is 2. The second-order valence-electron chi connectivity index (χ2n) is 30.3. The van der Waals surface area contributed by atoms with Crippen molar-refractivity contribution in [1.29, 1.82) is 0 Å². The summed E-state index contributed by atoms with van der Waals surface area (Å²) in [6, 6.07) is 13.0. The number of unbranched alkanes of at least 4 members (excludes halogenated alkanes) is 2. The molecule has 3 aromatic carbocycles. The van der Waals surface area contributed by atoms with Crippen LogP contribution in [0.5, 0.6) is 5.75 Å². The number of carbonyl (C=O) groups excluding carboxylic acids is 11. The van der Waals surface area contributed by atoms with Gasteiger partial charge in [-0.25, -0.2) is 31.2 Å². The highest BCUT2D eigenvalue weighted by Gasteiger charge is 2.65. The number of esters is 1. The maximum absolute atomic E-state index is 14.5. The molecule has 6 N–H and O–H groups in total. The summed E-state index contributed by atoms with van der Waals surface area (Å²) in [4.78, 5) is 152. The van der Waals surface area contributed by atoms with Gasteiger partial charge in [0.2, 0.25) is 29.5 Å². The van der Waals surface area contributed by atoms with Crippen LogP contribution in [-0.2, 0) is 104 Å². The van der Waals surface area contributed by atoms with Crippen LogP contribution in [0, 0.1) is 29.6 Å². The third kappa shape index (κ3) is 28.5. The molecule has 6 rings (SSSR count). The molecule has 32 nitrogen and oxygen atoms in total. The predicted octanol–water partition coefficient (Wildman–Crippen LogP) is 7.03. The molecule has 1 unspecified atom stereocenters. The van der Waals surface area contributed by atoms with Crippen molar-refractivity contribution in [2.75, 3.05) is 116 Å². The Hall–Kier alpha value is -8.74. The fourth-order valence-corrected chi connectivity index (χ4v) is 16.9. The van der Waals surface area contributed by atoms with Gasteiger partial charge in [0.1, 0.15) is 47.3 Å². The number of hydrogen-bond donors (Lipinski definition) is 6. The first-order chi connectivity index (χ1) is 54.7. The number of carbonyl (C=O) groups is 11.